The van der Waals surface area contributed by atoms with Gasteiger partial charge >= 0.3 is 6.18 Å². The molecule has 0 spiro atoms. The maximum atomic E-state index is 13.0. The average molecular weight is 399 g/mol. The van der Waals surface area contributed by atoms with Crippen LogP contribution in [0.15, 0.2) is 24.3 Å². The summed E-state index contributed by atoms with van der Waals surface area (Å²) in [4.78, 5) is 4.23. The van der Waals surface area contributed by atoms with Gasteiger partial charge in [0.25, 0.3) is 0 Å². The number of ether oxygens (including phenoxy) is 1. The summed E-state index contributed by atoms with van der Waals surface area (Å²) in [5.41, 5.74) is 9.44. The Balaban J connectivity index is 2.49. The largest absolute Gasteiger partial charge is 0.438 e. The molecular formula is C18H18ClF3N2OSi. The predicted molar refractivity (Wildman–Crippen MR) is 100 cm³/mol. The number of nitrogens with zero attached hydrogens (tertiary/aromatic N) is 1. The molecule has 3 nitrogen and oxygen atoms in total. The molecule has 0 saturated carbocycles. The van der Waals surface area contributed by atoms with Gasteiger partial charge in [0.15, 0.2) is 0 Å². The van der Waals surface area contributed by atoms with Crippen LogP contribution < -0.4 is 10.5 Å². The van der Waals surface area contributed by atoms with Gasteiger partial charge in [-0.25, -0.2) is 4.98 Å². The van der Waals surface area contributed by atoms with E-state index in [1.807, 2.05) is 0 Å². The maximum Gasteiger partial charge on any atom is 0.417 e. The fourth-order valence-corrected chi connectivity index (χ4v) is 2.65. The Labute approximate surface area is 156 Å². The second kappa shape index (κ2) is 7.21. The molecule has 0 fully saturated rings. The highest BCUT2D eigenvalue weighted by molar-refractivity contribution is 6.83. The lowest BCUT2D eigenvalue weighted by atomic mass is 10.2. The van der Waals surface area contributed by atoms with Crippen molar-refractivity contribution in [2.45, 2.75) is 32.7 Å². The zero-order chi connectivity index (χ0) is 19.7. The summed E-state index contributed by atoms with van der Waals surface area (Å²) in [6.45, 7) is 7.89. The zero-order valence-corrected chi connectivity index (χ0v) is 16.5. The van der Waals surface area contributed by atoms with E-state index in [9.17, 15) is 13.2 Å². The smallest absolute Gasteiger partial charge is 0.417 e. The van der Waals surface area contributed by atoms with Crippen LogP contribution in [-0.2, 0) is 6.18 Å². The average Bonchev–Trinajstić information content (AvgIpc) is 2.49. The van der Waals surface area contributed by atoms with Crippen molar-refractivity contribution in [2.75, 3.05) is 5.73 Å². The van der Waals surface area contributed by atoms with Crippen LogP contribution in [0.3, 0.4) is 0 Å². The molecule has 0 amide bonds. The van der Waals surface area contributed by atoms with Gasteiger partial charge in [0, 0.05) is 0 Å². The van der Waals surface area contributed by atoms with Crippen molar-refractivity contribution in [1.82, 2.24) is 4.98 Å². The van der Waals surface area contributed by atoms with Crippen molar-refractivity contribution >= 4 is 25.4 Å². The molecule has 0 radical (unpaired) electrons. The molecule has 2 N–H and O–H groups in total. The highest BCUT2D eigenvalue weighted by Crippen LogP contribution is 2.38. The number of nitrogen functional groups attached to an aromatic ring is 1. The molecule has 26 heavy (non-hydrogen) atoms. The van der Waals surface area contributed by atoms with E-state index in [1.54, 1.807) is 13.0 Å². The van der Waals surface area contributed by atoms with Crippen molar-refractivity contribution in [1.29, 1.82) is 0 Å². The molecule has 1 heterocycles. The number of benzene rings is 1. The number of rotatable bonds is 2. The van der Waals surface area contributed by atoms with E-state index in [-0.39, 0.29) is 11.6 Å². The van der Waals surface area contributed by atoms with Crippen LogP contribution in [0.25, 0.3) is 0 Å². The molecule has 0 aliphatic rings. The molecule has 2 rings (SSSR count). The second-order valence-electron chi connectivity index (χ2n) is 6.76. The number of halogens is 4. The summed E-state index contributed by atoms with van der Waals surface area (Å²) in [6, 6.07) is 4.94. The van der Waals surface area contributed by atoms with E-state index in [4.69, 9.17) is 22.1 Å². The third kappa shape index (κ3) is 5.16. The maximum absolute atomic E-state index is 13.0. The quantitative estimate of drug-likeness (QED) is 0.524. The number of pyridine rings is 1. The summed E-state index contributed by atoms with van der Waals surface area (Å²) < 4.78 is 44.7. The van der Waals surface area contributed by atoms with Crippen molar-refractivity contribution in [2.24, 2.45) is 0 Å². The molecule has 0 aliphatic carbocycles. The monoisotopic (exact) mass is 398 g/mol. The first-order valence-corrected chi connectivity index (χ1v) is 11.6. The van der Waals surface area contributed by atoms with E-state index >= 15 is 0 Å². The van der Waals surface area contributed by atoms with Crippen molar-refractivity contribution in [3.8, 4) is 23.1 Å². The van der Waals surface area contributed by atoms with Crippen LogP contribution in [0.2, 0.25) is 24.7 Å². The molecule has 1 aromatic carbocycles. The summed E-state index contributed by atoms with van der Waals surface area (Å²) >= 11 is 5.64. The number of alkyl halides is 3. The molecule has 138 valence electrons. The molecule has 0 bridgehead atoms. The summed E-state index contributed by atoms with van der Waals surface area (Å²) in [5, 5.41) is -0.398. The van der Waals surface area contributed by atoms with E-state index in [0.29, 0.717) is 16.9 Å². The fraction of sp³-hybridized carbons (Fsp3) is 0.278. The van der Waals surface area contributed by atoms with Crippen LogP contribution in [0.1, 0.15) is 16.8 Å². The zero-order valence-electron chi connectivity index (χ0n) is 14.8. The molecule has 0 saturated heterocycles. The topological polar surface area (TPSA) is 48.1 Å². The Morgan fingerprint density at radius 1 is 1.19 bits per heavy atom. The first-order valence-electron chi connectivity index (χ1n) is 7.72. The lowest BCUT2D eigenvalue weighted by molar-refractivity contribution is -0.137. The lowest BCUT2D eigenvalue weighted by Gasteiger charge is -2.13. The van der Waals surface area contributed by atoms with Crippen LogP contribution in [0.5, 0.6) is 11.6 Å². The fourth-order valence-electron chi connectivity index (χ4n) is 1.92. The normalized spacial score (nSPS) is 11.7. The Morgan fingerprint density at radius 2 is 1.85 bits per heavy atom. The highest BCUT2D eigenvalue weighted by Gasteiger charge is 2.33. The molecule has 1 aromatic heterocycles. The van der Waals surface area contributed by atoms with E-state index in [2.05, 4.69) is 36.1 Å². The summed E-state index contributed by atoms with van der Waals surface area (Å²) in [7, 11) is -1.68. The van der Waals surface area contributed by atoms with Crippen LogP contribution in [0.4, 0.5) is 18.9 Å². The second-order valence-corrected chi connectivity index (χ2v) is 11.9. The predicted octanol–water partition coefficient (Wildman–Crippen LogP) is 5.67. The summed E-state index contributed by atoms with van der Waals surface area (Å²) in [6.07, 6.45) is -4.58. The standard InChI is InChI=1S/C18H18ClF3N2OSi/c1-11-16(23)9-12(7-8-26(2,3)4)17(24-11)25-13-5-6-15(19)14(10-13)18(20,21)22/h5-6,9-10H,23H2,1-4H3. The number of hydrogen-bond donors (Lipinski definition) is 1. The van der Waals surface area contributed by atoms with Crippen molar-refractivity contribution < 1.29 is 17.9 Å². The van der Waals surface area contributed by atoms with Gasteiger partial charge in [0.1, 0.15) is 13.8 Å². The lowest BCUT2D eigenvalue weighted by Crippen LogP contribution is -2.16. The number of nitrogens with two attached hydrogens (primary N) is 1. The van der Waals surface area contributed by atoms with E-state index in [1.165, 1.54) is 6.07 Å². The van der Waals surface area contributed by atoms with Gasteiger partial charge in [0.05, 0.1) is 27.5 Å². The third-order valence-electron chi connectivity index (χ3n) is 3.25. The number of anilines is 1. The third-order valence-corrected chi connectivity index (χ3v) is 4.45. The van der Waals surface area contributed by atoms with Gasteiger partial charge in [0.2, 0.25) is 5.88 Å². The van der Waals surface area contributed by atoms with Gasteiger partial charge in [-0.2, -0.15) is 13.2 Å². The van der Waals surface area contributed by atoms with Gasteiger partial charge in [-0.15, -0.1) is 5.54 Å². The Kier molecular flexibility index (Phi) is 5.59. The SMILES string of the molecule is Cc1nc(Oc2ccc(Cl)c(C(F)(F)F)c2)c(C#C[Si](C)(C)C)cc1N. The van der Waals surface area contributed by atoms with Crippen molar-refractivity contribution in [3.05, 3.63) is 46.1 Å². The molecule has 0 unspecified atom stereocenters. The van der Waals surface area contributed by atoms with Gasteiger partial charge < -0.3 is 10.5 Å². The molecule has 2 aromatic rings. The minimum Gasteiger partial charge on any atom is -0.438 e. The van der Waals surface area contributed by atoms with Crippen LogP contribution in [0, 0.1) is 18.4 Å². The number of aromatic nitrogens is 1. The number of hydrogen-bond acceptors (Lipinski definition) is 3. The Morgan fingerprint density at radius 3 is 2.42 bits per heavy atom. The van der Waals surface area contributed by atoms with Gasteiger partial charge in [-0.3, -0.25) is 0 Å². The minimum atomic E-state index is -4.58. The van der Waals surface area contributed by atoms with Crippen molar-refractivity contribution in [3.63, 3.8) is 0 Å². The Bertz CT molecular complexity index is 896. The van der Waals surface area contributed by atoms with Gasteiger partial charge in [-0.1, -0.05) is 37.2 Å². The number of aryl methyl sites for hydroxylation is 1. The highest BCUT2D eigenvalue weighted by atomic mass is 35.5. The summed E-state index contributed by atoms with van der Waals surface area (Å²) in [5.74, 6) is 3.07. The van der Waals surface area contributed by atoms with Crippen LogP contribution in [-0.4, -0.2) is 13.1 Å². The molecule has 8 heteroatoms. The first kappa shape index (κ1) is 20.1. The van der Waals surface area contributed by atoms with Crippen LogP contribution >= 0.6 is 11.6 Å². The molecular weight excluding hydrogens is 381 g/mol. The minimum absolute atomic E-state index is 0.0329. The van der Waals surface area contributed by atoms with Gasteiger partial charge in [-0.05, 0) is 31.2 Å². The Hall–Kier alpha value is -2.17. The van der Waals surface area contributed by atoms with E-state index in [0.717, 1.165) is 12.1 Å². The first-order chi connectivity index (χ1) is 11.9. The molecule has 0 aliphatic heterocycles. The molecule has 0 atom stereocenters. The van der Waals surface area contributed by atoms with E-state index < -0.39 is 24.8 Å².